The van der Waals surface area contributed by atoms with E-state index in [0.29, 0.717) is 18.2 Å². The van der Waals surface area contributed by atoms with Crippen LogP contribution in [0.1, 0.15) is 41.0 Å². The summed E-state index contributed by atoms with van der Waals surface area (Å²) in [4.78, 5) is 11.7. The highest BCUT2D eigenvalue weighted by molar-refractivity contribution is 5.85. The molecule has 0 saturated heterocycles. The zero-order valence-corrected chi connectivity index (χ0v) is 14.9. The topological polar surface area (TPSA) is 59.6 Å². The van der Waals surface area contributed by atoms with Gasteiger partial charge in [0.05, 0.1) is 0 Å². The summed E-state index contributed by atoms with van der Waals surface area (Å²) >= 11 is 0. The van der Waals surface area contributed by atoms with Gasteiger partial charge in [-0.25, -0.2) is 4.79 Å². The number of hydrogen-bond acceptors (Lipinski definition) is 4. The Hall–Kier alpha value is -1.75. The highest BCUT2D eigenvalue weighted by Gasteiger charge is 2.16. The third-order valence-electron chi connectivity index (χ3n) is 2.93. The number of carbonyl (C=O) groups is 1. The van der Waals surface area contributed by atoms with E-state index in [1.165, 1.54) is 0 Å². The molecule has 1 amide bonds. The molecule has 5 nitrogen and oxygen atoms in total. The van der Waals surface area contributed by atoms with Crippen LogP contribution in [0.4, 0.5) is 10.5 Å². The minimum atomic E-state index is -0.514. The molecule has 0 bridgehead atoms. The zero-order chi connectivity index (χ0) is 17.3. The molecular formula is C18H30N2O3. The molecule has 0 fully saturated rings. The van der Waals surface area contributed by atoms with Crippen molar-refractivity contribution >= 4 is 11.8 Å². The molecule has 0 atom stereocenters. The fraction of sp³-hybridized carbons (Fsp3) is 0.611. The second kappa shape index (κ2) is 9.40. The van der Waals surface area contributed by atoms with Crippen LogP contribution >= 0.6 is 0 Å². The van der Waals surface area contributed by atoms with Crippen LogP contribution in [0.25, 0.3) is 0 Å². The maximum atomic E-state index is 11.7. The summed E-state index contributed by atoms with van der Waals surface area (Å²) in [5, 5.41) is 6.05. The standard InChI is InChI=1S/C18H30N2O3/c1-14(2)9-10-19-11-12-22-16-8-6-7-15(13-16)20-17(21)23-18(3,4)5/h6-8,13-14,19H,9-12H2,1-5H3,(H,20,21). The quantitative estimate of drug-likeness (QED) is 0.709. The van der Waals surface area contributed by atoms with E-state index in [2.05, 4.69) is 24.5 Å². The third kappa shape index (κ3) is 9.79. The second-order valence-electron chi connectivity index (χ2n) is 6.94. The predicted octanol–water partition coefficient (Wildman–Crippen LogP) is 4.05. The summed E-state index contributed by atoms with van der Waals surface area (Å²) in [5.74, 6) is 1.43. The van der Waals surface area contributed by atoms with E-state index in [-0.39, 0.29) is 0 Å². The molecule has 130 valence electrons. The summed E-state index contributed by atoms with van der Waals surface area (Å²) in [6.45, 7) is 12.3. The van der Waals surface area contributed by atoms with Crippen molar-refractivity contribution in [2.45, 2.75) is 46.6 Å². The van der Waals surface area contributed by atoms with E-state index in [4.69, 9.17) is 9.47 Å². The average molecular weight is 322 g/mol. The number of anilines is 1. The second-order valence-corrected chi connectivity index (χ2v) is 6.94. The first-order valence-corrected chi connectivity index (χ1v) is 8.20. The number of rotatable bonds is 8. The van der Waals surface area contributed by atoms with Gasteiger partial charge < -0.3 is 14.8 Å². The van der Waals surface area contributed by atoms with Gasteiger partial charge in [0.15, 0.2) is 0 Å². The number of benzene rings is 1. The third-order valence-corrected chi connectivity index (χ3v) is 2.93. The number of carbonyl (C=O) groups excluding carboxylic acids is 1. The Bertz CT molecular complexity index is 481. The minimum absolute atomic E-state index is 0.468. The normalized spacial score (nSPS) is 11.4. The van der Waals surface area contributed by atoms with E-state index < -0.39 is 11.7 Å². The molecule has 1 aromatic carbocycles. The summed E-state index contributed by atoms with van der Waals surface area (Å²) in [7, 11) is 0. The van der Waals surface area contributed by atoms with Crippen molar-refractivity contribution < 1.29 is 14.3 Å². The van der Waals surface area contributed by atoms with Crippen LogP contribution in [0.3, 0.4) is 0 Å². The van der Waals surface area contributed by atoms with Gasteiger partial charge in [-0.1, -0.05) is 19.9 Å². The van der Waals surface area contributed by atoms with Crippen molar-refractivity contribution in [3.63, 3.8) is 0 Å². The Kier molecular flexibility index (Phi) is 7.89. The smallest absolute Gasteiger partial charge is 0.412 e. The Morgan fingerprint density at radius 3 is 2.61 bits per heavy atom. The lowest BCUT2D eigenvalue weighted by Crippen LogP contribution is -2.27. The molecule has 0 aromatic heterocycles. The molecule has 0 unspecified atom stereocenters. The highest BCUT2D eigenvalue weighted by atomic mass is 16.6. The lowest BCUT2D eigenvalue weighted by Gasteiger charge is -2.19. The van der Waals surface area contributed by atoms with Crippen molar-refractivity contribution in [1.29, 1.82) is 0 Å². The first-order chi connectivity index (χ1) is 10.8. The molecule has 0 spiro atoms. The maximum absolute atomic E-state index is 11.7. The fourth-order valence-corrected chi connectivity index (χ4v) is 1.84. The Morgan fingerprint density at radius 1 is 1.22 bits per heavy atom. The molecule has 0 aliphatic carbocycles. The van der Waals surface area contributed by atoms with Crippen LogP contribution in [0.2, 0.25) is 0 Å². The number of nitrogens with one attached hydrogen (secondary N) is 2. The summed E-state index contributed by atoms with van der Waals surface area (Å²) in [6, 6.07) is 7.30. The maximum Gasteiger partial charge on any atom is 0.412 e. The molecule has 0 aliphatic rings. The van der Waals surface area contributed by atoms with E-state index >= 15 is 0 Å². The monoisotopic (exact) mass is 322 g/mol. The first-order valence-electron chi connectivity index (χ1n) is 8.20. The zero-order valence-electron chi connectivity index (χ0n) is 14.9. The number of hydrogen-bond donors (Lipinski definition) is 2. The fourth-order valence-electron chi connectivity index (χ4n) is 1.84. The van der Waals surface area contributed by atoms with Gasteiger partial charge in [-0.15, -0.1) is 0 Å². The van der Waals surface area contributed by atoms with E-state index in [1.54, 1.807) is 12.1 Å². The molecule has 0 heterocycles. The Labute approximate surface area is 139 Å². The molecule has 1 rings (SSSR count). The molecule has 5 heteroatoms. The van der Waals surface area contributed by atoms with E-state index in [1.807, 2.05) is 32.9 Å². The van der Waals surface area contributed by atoms with Crippen molar-refractivity contribution in [2.75, 3.05) is 25.0 Å². The lowest BCUT2D eigenvalue weighted by molar-refractivity contribution is 0.0636. The SMILES string of the molecule is CC(C)CCNCCOc1cccc(NC(=O)OC(C)(C)C)c1. The average Bonchev–Trinajstić information content (AvgIpc) is 2.40. The number of ether oxygens (including phenoxy) is 2. The molecule has 2 N–H and O–H groups in total. The lowest BCUT2D eigenvalue weighted by atomic mass is 10.1. The van der Waals surface area contributed by atoms with Crippen LogP contribution in [-0.4, -0.2) is 31.4 Å². The molecule has 23 heavy (non-hydrogen) atoms. The molecule has 0 radical (unpaired) electrons. The van der Waals surface area contributed by atoms with Gasteiger partial charge in [-0.2, -0.15) is 0 Å². The van der Waals surface area contributed by atoms with Crippen molar-refractivity contribution in [3.8, 4) is 5.75 Å². The Morgan fingerprint density at radius 2 is 1.96 bits per heavy atom. The molecular weight excluding hydrogens is 292 g/mol. The van der Waals surface area contributed by atoms with Gasteiger partial charge >= 0.3 is 6.09 Å². The molecule has 0 aliphatic heterocycles. The number of amides is 1. The van der Waals surface area contributed by atoms with Gasteiger partial charge in [-0.05, 0) is 51.8 Å². The molecule has 0 saturated carbocycles. The minimum Gasteiger partial charge on any atom is -0.492 e. The van der Waals surface area contributed by atoms with E-state index in [0.717, 1.165) is 25.3 Å². The van der Waals surface area contributed by atoms with Crippen LogP contribution < -0.4 is 15.4 Å². The van der Waals surface area contributed by atoms with Crippen molar-refractivity contribution in [3.05, 3.63) is 24.3 Å². The predicted molar refractivity (Wildman–Crippen MR) is 94.1 cm³/mol. The van der Waals surface area contributed by atoms with Crippen LogP contribution in [0.15, 0.2) is 24.3 Å². The van der Waals surface area contributed by atoms with Crippen LogP contribution in [-0.2, 0) is 4.74 Å². The van der Waals surface area contributed by atoms with Gasteiger partial charge in [0.1, 0.15) is 18.0 Å². The molecule has 1 aromatic rings. The van der Waals surface area contributed by atoms with Gasteiger partial charge in [0, 0.05) is 18.3 Å². The van der Waals surface area contributed by atoms with Gasteiger partial charge in [-0.3, -0.25) is 5.32 Å². The van der Waals surface area contributed by atoms with Crippen molar-refractivity contribution in [2.24, 2.45) is 5.92 Å². The summed E-state index contributed by atoms with van der Waals surface area (Å²) in [5.41, 5.74) is 0.143. The van der Waals surface area contributed by atoms with Crippen LogP contribution in [0.5, 0.6) is 5.75 Å². The van der Waals surface area contributed by atoms with E-state index in [9.17, 15) is 4.79 Å². The first kappa shape index (κ1) is 19.3. The largest absolute Gasteiger partial charge is 0.492 e. The van der Waals surface area contributed by atoms with Gasteiger partial charge in [0.25, 0.3) is 0 Å². The summed E-state index contributed by atoms with van der Waals surface area (Å²) < 4.78 is 10.9. The summed E-state index contributed by atoms with van der Waals surface area (Å²) in [6.07, 6.45) is 0.694. The Balaban J connectivity index is 2.34. The highest BCUT2D eigenvalue weighted by Crippen LogP contribution is 2.18. The van der Waals surface area contributed by atoms with Crippen LogP contribution in [0, 0.1) is 5.92 Å². The van der Waals surface area contributed by atoms with Crippen molar-refractivity contribution in [1.82, 2.24) is 5.32 Å². The van der Waals surface area contributed by atoms with Gasteiger partial charge in [0.2, 0.25) is 0 Å².